The first-order chi connectivity index (χ1) is 18.4. The summed E-state index contributed by atoms with van der Waals surface area (Å²) in [6.07, 6.45) is 1.63. The summed E-state index contributed by atoms with van der Waals surface area (Å²) >= 11 is 0. The van der Waals surface area contributed by atoms with E-state index in [4.69, 9.17) is 4.74 Å². The fraction of sp³-hybridized carbons (Fsp3) is 0.250. The molecule has 0 atom stereocenters. The maximum atomic E-state index is 15.0. The van der Waals surface area contributed by atoms with Crippen LogP contribution in [0.5, 0.6) is 0 Å². The monoisotopic (exact) mass is 513 g/mol. The lowest BCUT2D eigenvalue weighted by molar-refractivity contribution is 0.102. The molecule has 194 valence electrons. The number of amides is 1. The number of anilines is 1. The average Bonchev–Trinajstić information content (AvgIpc) is 3.51. The fourth-order valence-corrected chi connectivity index (χ4v) is 4.26. The number of aromatic nitrogens is 6. The maximum Gasteiger partial charge on any atom is 0.259 e. The van der Waals surface area contributed by atoms with Crippen LogP contribution in [0.2, 0.25) is 0 Å². The molecule has 2 aromatic carbocycles. The van der Waals surface area contributed by atoms with Crippen molar-refractivity contribution in [2.75, 3.05) is 11.9 Å². The minimum absolute atomic E-state index is 0.0959. The predicted octanol–water partition coefficient (Wildman–Crippen LogP) is 5.19. The van der Waals surface area contributed by atoms with Gasteiger partial charge in [-0.15, -0.1) is 10.2 Å². The van der Waals surface area contributed by atoms with E-state index in [1.807, 2.05) is 60.2 Å². The van der Waals surface area contributed by atoms with Crippen LogP contribution in [0.25, 0.3) is 22.6 Å². The summed E-state index contributed by atoms with van der Waals surface area (Å²) in [6.45, 7) is 7.33. The molecule has 1 amide bonds. The molecule has 3 heterocycles. The van der Waals surface area contributed by atoms with Crippen LogP contribution in [0.4, 0.5) is 10.2 Å². The summed E-state index contributed by atoms with van der Waals surface area (Å²) in [5.74, 6) is 0.312. The standard InChI is InChI=1S/C28H28FN7O2/c1-18(2)36-17-30-34-27(36)23-10-7-11-26(32-23)33-28(37)21-14-25-24(15-22(21)29)31-19(3)35(25)12-13-38-16-20-8-5-4-6-9-20/h4-11,14-15,17-18H,12-13,16H2,1-3H3,(H,32,33,37). The smallest absolute Gasteiger partial charge is 0.259 e. The third-order valence-electron chi connectivity index (χ3n) is 6.19. The van der Waals surface area contributed by atoms with E-state index in [1.54, 1.807) is 24.5 Å². The van der Waals surface area contributed by atoms with Crippen molar-refractivity contribution >= 4 is 22.8 Å². The molecule has 0 radical (unpaired) electrons. The molecule has 0 saturated carbocycles. The van der Waals surface area contributed by atoms with E-state index >= 15 is 0 Å². The van der Waals surface area contributed by atoms with Gasteiger partial charge in [0.1, 0.15) is 29.5 Å². The Kier molecular flexibility index (Phi) is 7.23. The van der Waals surface area contributed by atoms with Crippen molar-refractivity contribution in [3.8, 4) is 11.5 Å². The molecule has 0 unspecified atom stereocenters. The first kappa shape index (κ1) is 25.2. The molecule has 38 heavy (non-hydrogen) atoms. The summed E-state index contributed by atoms with van der Waals surface area (Å²) in [5, 5.41) is 10.8. The zero-order valence-electron chi connectivity index (χ0n) is 21.4. The van der Waals surface area contributed by atoms with Crippen LogP contribution < -0.4 is 5.32 Å². The molecule has 3 aromatic heterocycles. The average molecular weight is 514 g/mol. The lowest BCUT2D eigenvalue weighted by Gasteiger charge is -2.11. The summed E-state index contributed by atoms with van der Waals surface area (Å²) in [7, 11) is 0. The number of hydrogen-bond donors (Lipinski definition) is 1. The number of carbonyl (C=O) groups is 1. The van der Waals surface area contributed by atoms with E-state index in [0.717, 1.165) is 5.56 Å². The Labute approximate surface area is 219 Å². The van der Waals surface area contributed by atoms with E-state index in [1.165, 1.54) is 12.1 Å². The highest BCUT2D eigenvalue weighted by Crippen LogP contribution is 2.23. The quantitative estimate of drug-likeness (QED) is 0.273. The van der Waals surface area contributed by atoms with Gasteiger partial charge in [-0.2, -0.15) is 0 Å². The third kappa shape index (κ3) is 5.30. The first-order valence-corrected chi connectivity index (χ1v) is 12.4. The second kappa shape index (κ2) is 10.9. The minimum Gasteiger partial charge on any atom is -0.375 e. The molecule has 0 saturated heterocycles. The van der Waals surface area contributed by atoms with Gasteiger partial charge in [-0.05, 0) is 44.5 Å². The van der Waals surface area contributed by atoms with Crippen LogP contribution >= 0.6 is 0 Å². The Balaban J connectivity index is 1.34. The SMILES string of the molecule is Cc1nc2cc(F)c(C(=O)Nc3cccc(-c4nncn4C(C)C)n3)cc2n1CCOCc1ccccc1. The maximum absolute atomic E-state index is 15.0. The normalized spacial score (nSPS) is 11.4. The van der Waals surface area contributed by atoms with Gasteiger partial charge in [-0.25, -0.2) is 14.4 Å². The first-order valence-electron chi connectivity index (χ1n) is 12.4. The van der Waals surface area contributed by atoms with Crippen molar-refractivity contribution in [3.63, 3.8) is 0 Å². The van der Waals surface area contributed by atoms with Crippen molar-refractivity contribution in [2.45, 2.75) is 40.0 Å². The molecule has 0 bridgehead atoms. The van der Waals surface area contributed by atoms with E-state index in [-0.39, 0.29) is 17.4 Å². The number of aryl methyl sites for hydroxylation is 1. The second-order valence-corrected chi connectivity index (χ2v) is 9.19. The lowest BCUT2D eigenvalue weighted by atomic mass is 10.1. The number of halogens is 1. The van der Waals surface area contributed by atoms with Crippen LogP contribution in [-0.4, -0.2) is 41.8 Å². The van der Waals surface area contributed by atoms with Gasteiger partial charge < -0.3 is 19.2 Å². The largest absolute Gasteiger partial charge is 0.375 e. The number of ether oxygens (including phenoxy) is 1. The highest BCUT2D eigenvalue weighted by Gasteiger charge is 2.18. The van der Waals surface area contributed by atoms with Crippen LogP contribution in [-0.2, 0) is 17.9 Å². The van der Waals surface area contributed by atoms with E-state index in [2.05, 4.69) is 25.5 Å². The number of nitrogens with zero attached hydrogens (tertiary/aromatic N) is 6. The van der Waals surface area contributed by atoms with Gasteiger partial charge in [-0.1, -0.05) is 36.4 Å². The zero-order chi connectivity index (χ0) is 26.6. The molecule has 0 aliphatic carbocycles. The van der Waals surface area contributed by atoms with Gasteiger partial charge in [0.2, 0.25) is 0 Å². The Bertz CT molecular complexity index is 1580. The van der Waals surface area contributed by atoms with Crippen LogP contribution in [0.15, 0.2) is 67.0 Å². The van der Waals surface area contributed by atoms with Crippen LogP contribution in [0.1, 0.15) is 41.6 Å². The summed E-state index contributed by atoms with van der Waals surface area (Å²) < 4.78 is 24.6. The molecule has 0 fully saturated rings. The van der Waals surface area contributed by atoms with Gasteiger partial charge in [0.05, 0.1) is 29.8 Å². The molecule has 9 nitrogen and oxygen atoms in total. The van der Waals surface area contributed by atoms with Crippen molar-refractivity contribution in [2.24, 2.45) is 0 Å². The van der Waals surface area contributed by atoms with Crippen LogP contribution in [0.3, 0.4) is 0 Å². The molecule has 10 heteroatoms. The van der Waals surface area contributed by atoms with Gasteiger partial charge in [0.25, 0.3) is 5.91 Å². The summed E-state index contributed by atoms with van der Waals surface area (Å²) in [4.78, 5) is 22.1. The van der Waals surface area contributed by atoms with Gasteiger partial charge >= 0.3 is 0 Å². The number of fused-ring (bicyclic) bond motifs is 1. The molecular formula is C28H28FN7O2. The van der Waals surface area contributed by atoms with Gasteiger partial charge in [0, 0.05) is 18.7 Å². The van der Waals surface area contributed by atoms with E-state index in [0.29, 0.717) is 48.1 Å². The number of benzene rings is 2. The molecule has 0 aliphatic heterocycles. The van der Waals surface area contributed by atoms with Crippen molar-refractivity contribution in [1.29, 1.82) is 0 Å². The molecule has 0 spiro atoms. The topological polar surface area (TPSA) is 99.8 Å². The van der Waals surface area contributed by atoms with Gasteiger partial charge in [0.15, 0.2) is 5.82 Å². The number of hydrogen-bond acceptors (Lipinski definition) is 6. The Morgan fingerprint density at radius 3 is 2.68 bits per heavy atom. The molecule has 1 N–H and O–H groups in total. The predicted molar refractivity (Wildman–Crippen MR) is 142 cm³/mol. The van der Waals surface area contributed by atoms with E-state index in [9.17, 15) is 9.18 Å². The summed E-state index contributed by atoms with van der Waals surface area (Å²) in [5.41, 5.74) is 2.68. The van der Waals surface area contributed by atoms with E-state index < -0.39 is 11.7 Å². The Hall–Kier alpha value is -4.44. The third-order valence-corrected chi connectivity index (χ3v) is 6.19. The number of nitrogens with one attached hydrogen (secondary N) is 1. The van der Waals surface area contributed by atoms with Crippen molar-refractivity contribution in [3.05, 3.63) is 89.8 Å². The molecule has 5 aromatic rings. The van der Waals surface area contributed by atoms with Crippen molar-refractivity contribution < 1.29 is 13.9 Å². The zero-order valence-corrected chi connectivity index (χ0v) is 21.4. The van der Waals surface area contributed by atoms with Crippen LogP contribution in [0, 0.1) is 12.7 Å². The number of rotatable bonds is 9. The molecule has 0 aliphatic rings. The summed E-state index contributed by atoms with van der Waals surface area (Å²) in [6, 6.07) is 18.0. The Morgan fingerprint density at radius 1 is 1.08 bits per heavy atom. The highest BCUT2D eigenvalue weighted by atomic mass is 19.1. The number of carbonyl (C=O) groups excluding carboxylic acids is 1. The fourth-order valence-electron chi connectivity index (χ4n) is 4.26. The number of pyridine rings is 1. The van der Waals surface area contributed by atoms with Gasteiger partial charge in [-0.3, -0.25) is 4.79 Å². The highest BCUT2D eigenvalue weighted by molar-refractivity contribution is 6.05. The number of imidazole rings is 1. The molecule has 5 rings (SSSR count). The van der Waals surface area contributed by atoms with Crippen molar-refractivity contribution in [1.82, 2.24) is 29.3 Å². The Morgan fingerprint density at radius 2 is 1.89 bits per heavy atom. The lowest BCUT2D eigenvalue weighted by Crippen LogP contribution is -2.15. The molecular weight excluding hydrogens is 485 g/mol. The second-order valence-electron chi connectivity index (χ2n) is 9.19. The minimum atomic E-state index is -0.657.